The molecule has 0 heterocycles. The van der Waals surface area contributed by atoms with Gasteiger partial charge in [0.05, 0.1) is 6.61 Å². The molecule has 0 amide bonds. The lowest BCUT2D eigenvalue weighted by Gasteiger charge is -2.32. The fourth-order valence-electron chi connectivity index (χ4n) is 2.59. The zero-order valence-electron chi connectivity index (χ0n) is 14.2. The van der Waals surface area contributed by atoms with Crippen molar-refractivity contribution in [2.24, 2.45) is 11.7 Å². The number of carbonyl (C=O) groups is 1. The zero-order chi connectivity index (χ0) is 19.3. The van der Waals surface area contributed by atoms with Gasteiger partial charge in [0.2, 0.25) is 4.87 Å². The van der Waals surface area contributed by atoms with E-state index in [-0.39, 0.29) is 13.0 Å². The molecule has 0 aliphatic rings. The lowest BCUT2D eigenvalue weighted by atomic mass is 9.90. The second kappa shape index (κ2) is 9.07. The molecule has 1 aromatic carbocycles. The summed E-state index contributed by atoms with van der Waals surface area (Å²) in [5.74, 6) is -1.92. The number of aliphatic carboxylic acids is 1. The number of carboxylic acids is 1. The smallest absolute Gasteiger partial charge is 0.339 e. The van der Waals surface area contributed by atoms with Gasteiger partial charge in [0.1, 0.15) is 5.75 Å². The Morgan fingerprint density at radius 1 is 1.28 bits per heavy atom. The number of unbranched alkanes of at least 4 members (excludes halogenated alkanes) is 1. The van der Waals surface area contributed by atoms with E-state index in [0.717, 1.165) is 12.7 Å². The molecule has 25 heavy (non-hydrogen) atoms. The van der Waals surface area contributed by atoms with Crippen molar-refractivity contribution in [1.29, 1.82) is 0 Å². The van der Waals surface area contributed by atoms with Gasteiger partial charge < -0.3 is 15.6 Å². The maximum absolute atomic E-state index is 12.0. The van der Waals surface area contributed by atoms with E-state index in [1.54, 1.807) is 18.2 Å². The first-order valence-electron chi connectivity index (χ1n) is 7.83. The largest absolute Gasteiger partial charge is 0.493 e. The van der Waals surface area contributed by atoms with E-state index >= 15 is 0 Å². The van der Waals surface area contributed by atoms with Crippen molar-refractivity contribution in [3.8, 4) is 5.75 Å². The summed E-state index contributed by atoms with van der Waals surface area (Å²) in [5, 5.41) is 10.3. The third-order valence-corrected chi connectivity index (χ3v) is 6.20. The highest BCUT2D eigenvalue weighted by atomic mass is 35.5. The number of carboxylic acid groups (broad SMARTS) is 1. The van der Waals surface area contributed by atoms with Crippen LogP contribution in [0, 0.1) is 5.92 Å². The highest BCUT2D eigenvalue weighted by Crippen LogP contribution is 2.30. The summed E-state index contributed by atoms with van der Waals surface area (Å²) in [4.78, 5) is 9.27. The van der Waals surface area contributed by atoms with E-state index < -0.39 is 26.6 Å². The van der Waals surface area contributed by atoms with Gasteiger partial charge in [-0.05, 0) is 31.0 Å². The fourth-order valence-corrected chi connectivity index (χ4v) is 4.26. The SMILES string of the molecule is CCCCC(CCOc1cc(Cl)cc(Cl)c1)C(N)(C(=O)O)S(C)(=O)=O. The maximum atomic E-state index is 12.0. The lowest BCUT2D eigenvalue weighted by molar-refractivity contribution is -0.141. The number of halogens is 2. The molecule has 6 nitrogen and oxygen atoms in total. The third kappa shape index (κ3) is 5.74. The van der Waals surface area contributed by atoms with Crippen LogP contribution < -0.4 is 10.5 Å². The number of ether oxygens (including phenoxy) is 1. The van der Waals surface area contributed by atoms with Gasteiger partial charge in [-0.2, -0.15) is 0 Å². The van der Waals surface area contributed by atoms with Crippen LogP contribution in [0.4, 0.5) is 0 Å². The predicted molar refractivity (Wildman–Crippen MR) is 99.0 cm³/mol. The minimum Gasteiger partial charge on any atom is -0.493 e. The molecule has 2 atom stereocenters. The van der Waals surface area contributed by atoms with Crippen LogP contribution in [-0.4, -0.2) is 37.2 Å². The Labute approximate surface area is 158 Å². The Morgan fingerprint density at radius 3 is 2.28 bits per heavy atom. The van der Waals surface area contributed by atoms with E-state index in [2.05, 4.69) is 0 Å². The number of hydrogen-bond acceptors (Lipinski definition) is 5. The molecule has 1 aromatic rings. The summed E-state index contributed by atoms with van der Waals surface area (Å²) in [6.45, 7) is 2.02. The summed E-state index contributed by atoms with van der Waals surface area (Å²) in [5.41, 5.74) is 5.85. The van der Waals surface area contributed by atoms with Crippen LogP contribution in [0.3, 0.4) is 0 Å². The topological polar surface area (TPSA) is 107 Å². The molecule has 0 spiro atoms. The van der Waals surface area contributed by atoms with Crippen molar-refractivity contribution in [1.82, 2.24) is 0 Å². The van der Waals surface area contributed by atoms with Gasteiger partial charge in [0.15, 0.2) is 9.84 Å². The van der Waals surface area contributed by atoms with Crippen LogP contribution >= 0.6 is 23.2 Å². The van der Waals surface area contributed by atoms with E-state index in [1.165, 1.54) is 0 Å². The number of sulfone groups is 1. The Bertz CT molecular complexity index is 690. The molecule has 0 saturated carbocycles. The van der Waals surface area contributed by atoms with Gasteiger partial charge in [0, 0.05) is 22.2 Å². The predicted octanol–water partition coefficient (Wildman–Crippen LogP) is 3.35. The average molecular weight is 412 g/mol. The first-order chi connectivity index (χ1) is 11.5. The van der Waals surface area contributed by atoms with Gasteiger partial charge in [-0.3, -0.25) is 0 Å². The van der Waals surface area contributed by atoms with Crippen LogP contribution in [0.2, 0.25) is 10.0 Å². The standard InChI is InChI=1S/C16H23Cl2NO5S/c1-3-4-5-11(16(19,15(20)21)25(2,22)23)6-7-24-14-9-12(17)8-13(18)10-14/h8-11H,3-7,19H2,1-2H3,(H,20,21). The summed E-state index contributed by atoms with van der Waals surface area (Å²) in [6, 6.07) is 4.69. The number of rotatable bonds is 10. The van der Waals surface area contributed by atoms with Gasteiger partial charge >= 0.3 is 5.97 Å². The summed E-state index contributed by atoms with van der Waals surface area (Å²) < 4.78 is 29.6. The number of hydrogen-bond donors (Lipinski definition) is 2. The first-order valence-corrected chi connectivity index (χ1v) is 10.5. The van der Waals surface area contributed by atoms with Crippen LogP contribution in [0.15, 0.2) is 18.2 Å². The lowest BCUT2D eigenvalue weighted by Crippen LogP contribution is -2.60. The number of benzene rings is 1. The quantitative estimate of drug-likeness (QED) is 0.610. The summed E-state index contributed by atoms with van der Waals surface area (Å²) in [6.07, 6.45) is 2.83. The molecule has 0 aromatic heterocycles. The molecular formula is C16H23Cl2NO5S. The van der Waals surface area contributed by atoms with Gasteiger partial charge in [-0.15, -0.1) is 0 Å². The van der Waals surface area contributed by atoms with Crippen LogP contribution in [0.25, 0.3) is 0 Å². The Hall–Kier alpha value is -1.02. The van der Waals surface area contributed by atoms with Crippen LogP contribution in [-0.2, 0) is 14.6 Å². The van der Waals surface area contributed by atoms with Gasteiger partial charge in [0.25, 0.3) is 0 Å². The molecule has 0 radical (unpaired) electrons. The Balaban J connectivity index is 2.93. The monoisotopic (exact) mass is 411 g/mol. The molecule has 2 unspecified atom stereocenters. The molecule has 3 N–H and O–H groups in total. The zero-order valence-corrected chi connectivity index (χ0v) is 16.5. The van der Waals surface area contributed by atoms with Crippen molar-refractivity contribution >= 4 is 39.0 Å². The van der Waals surface area contributed by atoms with Crippen molar-refractivity contribution < 1.29 is 23.1 Å². The minimum absolute atomic E-state index is 0.0901. The maximum Gasteiger partial charge on any atom is 0.339 e. The molecule has 0 aliphatic carbocycles. The highest BCUT2D eigenvalue weighted by Gasteiger charge is 2.50. The van der Waals surface area contributed by atoms with E-state index in [4.69, 9.17) is 33.7 Å². The third-order valence-electron chi connectivity index (χ3n) is 4.03. The molecule has 0 aliphatic heterocycles. The Kier molecular flexibility index (Phi) is 7.99. The first kappa shape index (κ1) is 22.0. The van der Waals surface area contributed by atoms with Gasteiger partial charge in [-0.1, -0.05) is 43.0 Å². The van der Waals surface area contributed by atoms with Crippen molar-refractivity contribution in [2.75, 3.05) is 12.9 Å². The second-order valence-electron chi connectivity index (χ2n) is 5.95. The van der Waals surface area contributed by atoms with Gasteiger partial charge in [-0.25, -0.2) is 13.2 Å². The molecule has 0 saturated heterocycles. The molecule has 142 valence electrons. The average Bonchev–Trinajstić information content (AvgIpc) is 2.47. The van der Waals surface area contributed by atoms with E-state index in [1.807, 2.05) is 6.92 Å². The van der Waals surface area contributed by atoms with Crippen molar-refractivity contribution in [2.45, 2.75) is 37.5 Å². The Morgan fingerprint density at radius 2 is 1.84 bits per heavy atom. The van der Waals surface area contributed by atoms with Crippen LogP contribution in [0.5, 0.6) is 5.75 Å². The molecule has 0 fully saturated rings. The normalized spacial score (nSPS) is 15.4. The molecule has 0 bridgehead atoms. The summed E-state index contributed by atoms with van der Waals surface area (Å²) in [7, 11) is -4.02. The van der Waals surface area contributed by atoms with Crippen molar-refractivity contribution in [3.05, 3.63) is 28.2 Å². The van der Waals surface area contributed by atoms with E-state index in [9.17, 15) is 18.3 Å². The van der Waals surface area contributed by atoms with E-state index in [0.29, 0.717) is 28.6 Å². The highest BCUT2D eigenvalue weighted by molar-refractivity contribution is 7.92. The van der Waals surface area contributed by atoms with Crippen LogP contribution in [0.1, 0.15) is 32.6 Å². The number of nitrogens with two attached hydrogens (primary N) is 1. The second-order valence-corrected chi connectivity index (χ2v) is 9.04. The van der Waals surface area contributed by atoms with Crippen molar-refractivity contribution in [3.63, 3.8) is 0 Å². The fraction of sp³-hybridized carbons (Fsp3) is 0.562. The summed E-state index contributed by atoms with van der Waals surface area (Å²) >= 11 is 11.8. The molecule has 9 heteroatoms. The molecular weight excluding hydrogens is 389 g/mol. The minimum atomic E-state index is -4.02. The molecule has 1 rings (SSSR count).